The normalized spacial score (nSPS) is 9.25. The summed E-state index contributed by atoms with van der Waals surface area (Å²) in [6, 6.07) is 0. The van der Waals surface area contributed by atoms with Crippen LogP contribution in [0.1, 0.15) is 19.8 Å². The minimum Gasteiger partial charge on any atom is -0.459 e. The summed E-state index contributed by atoms with van der Waals surface area (Å²) in [6.07, 6.45) is 1.75. The van der Waals surface area contributed by atoms with Gasteiger partial charge in [0, 0.05) is 14.1 Å². The molecule has 0 bridgehead atoms. The number of nitrogens with zero attached hydrogens (tertiary/aromatic N) is 1. The molecule has 0 saturated carbocycles. The summed E-state index contributed by atoms with van der Waals surface area (Å²) in [6.45, 7) is 2.32. The molecule has 4 heteroatoms. The van der Waals surface area contributed by atoms with Crippen molar-refractivity contribution in [1.29, 1.82) is 0 Å². The van der Waals surface area contributed by atoms with Gasteiger partial charge in [0.05, 0.1) is 6.61 Å². The molecule has 0 aliphatic carbocycles. The largest absolute Gasteiger partial charge is 0.459 e. The molecule has 0 aromatic heterocycles. The van der Waals surface area contributed by atoms with Gasteiger partial charge in [0.25, 0.3) is 0 Å². The van der Waals surface area contributed by atoms with E-state index in [0.29, 0.717) is 6.61 Å². The Labute approximate surface area is 72.5 Å². The highest BCUT2D eigenvalue weighted by Gasteiger charge is 2.16. The van der Waals surface area contributed by atoms with Gasteiger partial charge in [0.2, 0.25) is 0 Å². The van der Waals surface area contributed by atoms with Crippen LogP contribution in [0.2, 0.25) is 0 Å². The van der Waals surface area contributed by atoms with Gasteiger partial charge < -0.3 is 9.64 Å². The molecule has 12 heavy (non-hydrogen) atoms. The standard InChI is InChI=1S/C8H15NO3/c1-4-5-6-12-8(11)7(10)9(2)3/h4-6H2,1-3H3. The van der Waals surface area contributed by atoms with Crippen molar-refractivity contribution in [2.45, 2.75) is 19.8 Å². The van der Waals surface area contributed by atoms with Gasteiger partial charge in [-0.1, -0.05) is 13.3 Å². The zero-order valence-electron chi connectivity index (χ0n) is 7.79. The van der Waals surface area contributed by atoms with Crippen molar-refractivity contribution in [1.82, 2.24) is 4.90 Å². The lowest BCUT2D eigenvalue weighted by Gasteiger charge is -2.08. The Balaban J connectivity index is 3.65. The van der Waals surface area contributed by atoms with Gasteiger partial charge in [-0.15, -0.1) is 0 Å². The third kappa shape index (κ3) is 3.95. The molecule has 70 valence electrons. The van der Waals surface area contributed by atoms with E-state index in [9.17, 15) is 9.59 Å². The quantitative estimate of drug-likeness (QED) is 0.353. The molecule has 0 radical (unpaired) electrons. The number of rotatable bonds is 3. The number of unbranched alkanes of at least 4 members (excludes halogenated alkanes) is 1. The van der Waals surface area contributed by atoms with Crippen molar-refractivity contribution in [2.24, 2.45) is 0 Å². The maximum atomic E-state index is 10.9. The molecule has 0 heterocycles. The molecule has 0 saturated heterocycles. The van der Waals surface area contributed by atoms with E-state index >= 15 is 0 Å². The van der Waals surface area contributed by atoms with E-state index in [1.165, 1.54) is 19.0 Å². The Morgan fingerprint density at radius 2 is 1.92 bits per heavy atom. The highest BCUT2D eigenvalue weighted by molar-refractivity contribution is 6.32. The van der Waals surface area contributed by atoms with Crippen LogP contribution in [-0.2, 0) is 14.3 Å². The van der Waals surface area contributed by atoms with Crippen molar-refractivity contribution in [3.63, 3.8) is 0 Å². The van der Waals surface area contributed by atoms with Gasteiger partial charge in [-0.25, -0.2) is 4.79 Å². The number of hydrogen-bond acceptors (Lipinski definition) is 3. The van der Waals surface area contributed by atoms with Crippen molar-refractivity contribution < 1.29 is 14.3 Å². The molecule has 0 atom stereocenters. The first-order valence-electron chi connectivity index (χ1n) is 3.98. The predicted molar refractivity (Wildman–Crippen MR) is 44.6 cm³/mol. The molecule has 0 aliphatic heterocycles. The maximum absolute atomic E-state index is 10.9. The summed E-state index contributed by atoms with van der Waals surface area (Å²) in [5.41, 5.74) is 0. The minimum absolute atomic E-state index is 0.328. The second-order valence-corrected chi connectivity index (χ2v) is 2.69. The molecule has 0 aromatic carbocycles. The van der Waals surface area contributed by atoms with E-state index in [1.54, 1.807) is 0 Å². The third-order valence-corrected chi connectivity index (χ3v) is 1.31. The summed E-state index contributed by atoms with van der Waals surface area (Å²) in [5.74, 6) is -1.38. The number of hydrogen-bond donors (Lipinski definition) is 0. The number of esters is 1. The Morgan fingerprint density at radius 1 is 1.33 bits per heavy atom. The minimum atomic E-state index is -0.770. The smallest absolute Gasteiger partial charge is 0.396 e. The van der Waals surface area contributed by atoms with Crippen LogP contribution < -0.4 is 0 Å². The zero-order valence-corrected chi connectivity index (χ0v) is 7.79. The second kappa shape index (κ2) is 5.57. The average Bonchev–Trinajstić information content (AvgIpc) is 2.03. The molecule has 0 aliphatic rings. The third-order valence-electron chi connectivity index (χ3n) is 1.31. The van der Waals surface area contributed by atoms with Gasteiger partial charge in [-0.3, -0.25) is 4.79 Å². The van der Waals surface area contributed by atoms with E-state index in [4.69, 9.17) is 0 Å². The first-order chi connectivity index (χ1) is 5.59. The number of carbonyl (C=O) groups excluding carboxylic acids is 2. The van der Waals surface area contributed by atoms with Crippen molar-refractivity contribution in [3.8, 4) is 0 Å². The number of likely N-dealkylation sites (N-methyl/N-ethyl adjacent to an activating group) is 1. The van der Waals surface area contributed by atoms with E-state index in [1.807, 2.05) is 6.92 Å². The Bertz CT molecular complexity index is 166. The van der Waals surface area contributed by atoms with Crippen LogP contribution in [0.15, 0.2) is 0 Å². The molecule has 0 spiro atoms. The number of amides is 1. The molecule has 1 amide bonds. The molecule has 0 N–H and O–H groups in total. The van der Waals surface area contributed by atoms with Gasteiger partial charge in [0.15, 0.2) is 0 Å². The zero-order chi connectivity index (χ0) is 9.56. The monoisotopic (exact) mass is 173 g/mol. The van der Waals surface area contributed by atoms with Crippen LogP contribution in [0.5, 0.6) is 0 Å². The first kappa shape index (κ1) is 10.9. The summed E-state index contributed by atoms with van der Waals surface area (Å²) in [5, 5.41) is 0. The fourth-order valence-corrected chi connectivity index (χ4v) is 0.554. The molecular weight excluding hydrogens is 158 g/mol. The molecule has 0 unspecified atom stereocenters. The van der Waals surface area contributed by atoms with Crippen LogP contribution in [0.3, 0.4) is 0 Å². The lowest BCUT2D eigenvalue weighted by atomic mass is 10.4. The Hall–Kier alpha value is -1.06. The van der Waals surface area contributed by atoms with Crippen LogP contribution in [0.25, 0.3) is 0 Å². The number of ether oxygens (including phenoxy) is 1. The second-order valence-electron chi connectivity index (χ2n) is 2.69. The van der Waals surface area contributed by atoms with Gasteiger partial charge >= 0.3 is 11.9 Å². The topological polar surface area (TPSA) is 46.6 Å². The summed E-state index contributed by atoms with van der Waals surface area (Å²) in [7, 11) is 3.03. The first-order valence-corrected chi connectivity index (χ1v) is 3.98. The Morgan fingerprint density at radius 3 is 2.33 bits per heavy atom. The fraction of sp³-hybridized carbons (Fsp3) is 0.750. The fourth-order valence-electron chi connectivity index (χ4n) is 0.554. The van der Waals surface area contributed by atoms with Crippen molar-refractivity contribution in [2.75, 3.05) is 20.7 Å². The maximum Gasteiger partial charge on any atom is 0.396 e. The van der Waals surface area contributed by atoms with Crippen LogP contribution in [0, 0.1) is 0 Å². The molecule has 0 fully saturated rings. The van der Waals surface area contributed by atoms with Crippen LogP contribution in [0.4, 0.5) is 0 Å². The highest BCUT2D eigenvalue weighted by atomic mass is 16.5. The number of carbonyl (C=O) groups is 2. The van der Waals surface area contributed by atoms with Gasteiger partial charge in [-0.2, -0.15) is 0 Å². The van der Waals surface area contributed by atoms with Gasteiger partial charge in [-0.05, 0) is 6.42 Å². The highest BCUT2D eigenvalue weighted by Crippen LogP contribution is 1.90. The SMILES string of the molecule is CCCCOC(=O)C(=O)N(C)C. The van der Waals surface area contributed by atoms with Crippen molar-refractivity contribution >= 4 is 11.9 Å². The summed E-state index contributed by atoms with van der Waals surface area (Å²) >= 11 is 0. The summed E-state index contributed by atoms with van der Waals surface area (Å²) < 4.78 is 4.68. The molecule has 0 rings (SSSR count). The molecular formula is C8H15NO3. The van der Waals surface area contributed by atoms with Crippen molar-refractivity contribution in [3.05, 3.63) is 0 Å². The average molecular weight is 173 g/mol. The Kier molecular flexibility index (Phi) is 5.08. The van der Waals surface area contributed by atoms with Crippen LogP contribution >= 0.6 is 0 Å². The van der Waals surface area contributed by atoms with Crippen LogP contribution in [-0.4, -0.2) is 37.5 Å². The van der Waals surface area contributed by atoms with E-state index in [-0.39, 0.29) is 0 Å². The van der Waals surface area contributed by atoms with Gasteiger partial charge in [0.1, 0.15) is 0 Å². The van der Waals surface area contributed by atoms with E-state index < -0.39 is 11.9 Å². The lowest BCUT2D eigenvalue weighted by Crippen LogP contribution is -2.31. The summed E-state index contributed by atoms with van der Waals surface area (Å²) in [4.78, 5) is 22.9. The molecule has 4 nitrogen and oxygen atoms in total. The predicted octanol–water partition coefficient (Wildman–Crippen LogP) is 0.418. The lowest BCUT2D eigenvalue weighted by molar-refractivity contribution is -0.158. The van der Waals surface area contributed by atoms with E-state index in [2.05, 4.69) is 4.74 Å². The molecule has 0 aromatic rings. The van der Waals surface area contributed by atoms with E-state index in [0.717, 1.165) is 12.8 Å².